The molecule has 2 aromatic carbocycles. The summed E-state index contributed by atoms with van der Waals surface area (Å²) in [6.45, 7) is -0.709. The Balaban J connectivity index is 2.05. The summed E-state index contributed by atoms with van der Waals surface area (Å²) in [5.74, 6) is -0.555. The van der Waals surface area contributed by atoms with Gasteiger partial charge in [-0.3, -0.25) is 10.1 Å². The highest BCUT2D eigenvalue weighted by Gasteiger charge is 2.47. The molecular formula is C16H15F3N3O8S2. The minimum Gasteiger partial charge on any atom is -0.484 e. The molecule has 32 heavy (non-hydrogen) atoms. The van der Waals surface area contributed by atoms with Gasteiger partial charge in [-0.05, 0) is 36.4 Å². The normalized spacial score (nSPS) is 13.4. The van der Waals surface area contributed by atoms with Crippen LogP contribution in [0, 0.1) is 10.1 Å². The third-order valence-corrected chi connectivity index (χ3v) is 6.26. The van der Waals surface area contributed by atoms with Gasteiger partial charge >= 0.3 is 11.2 Å². The van der Waals surface area contributed by atoms with Gasteiger partial charge in [0.15, 0.2) is 5.75 Å². The summed E-state index contributed by atoms with van der Waals surface area (Å²) < 4.78 is 88.0. The molecule has 0 saturated heterocycles. The summed E-state index contributed by atoms with van der Waals surface area (Å²) in [7, 11) is -9.92. The van der Waals surface area contributed by atoms with Gasteiger partial charge in [-0.15, -0.1) is 5.14 Å². The van der Waals surface area contributed by atoms with Gasteiger partial charge in [-0.25, -0.2) is 16.8 Å². The predicted octanol–water partition coefficient (Wildman–Crippen LogP) is 1.71. The van der Waals surface area contributed by atoms with Crippen LogP contribution in [0.5, 0.6) is 5.75 Å². The van der Waals surface area contributed by atoms with E-state index in [1.807, 2.05) is 0 Å². The van der Waals surface area contributed by atoms with Gasteiger partial charge in [-0.1, -0.05) is 0 Å². The standard InChI is InChI=1S/C16H15F3N3O8S2/c17-16(18,19)31(26,27)13-5-6-15(14(7-13)22(24)25)30-9-11(23)8-21-10-1-3-12(4-2-10)32(20,28)29/h1-7,11,20-21,23H,8-9H2. The number of rotatable bonds is 9. The Morgan fingerprint density at radius 2 is 1.66 bits per heavy atom. The zero-order valence-electron chi connectivity index (χ0n) is 15.7. The van der Waals surface area contributed by atoms with Crippen LogP contribution in [0.1, 0.15) is 0 Å². The third-order valence-electron chi connectivity index (χ3n) is 3.88. The Kier molecular flexibility index (Phi) is 7.33. The molecule has 11 nitrogen and oxygen atoms in total. The highest BCUT2D eigenvalue weighted by molar-refractivity contribution is 7.92. The fraction of sp³-hybridized carbons (Fsp3) is 0.250. The maximum absolute atomic E-state index is 12.6. The molecule has 2 rings (SSSR count). The first-order chi connectivity index (χ1) is 14.6. The van der Waals surface area contributed by atoms with E-state index in [4.69, 9.17) is 9.88 Å². The van der Waals surface area contributed by atoms with Gasteiger partial charge in [0.2, 0.25) is 0 Å². The molecule has 0 aliphatic heterocycles. The first-order valence-electron chi connectivity index (χ1n) is 8.37. The lowest BCUT2D eigenvalue weighted by atomic mass is 10.3. The van der Waals surface area contributed by atoms with Crippen LogP contribution < -0.4 is 15.2 Å². The molecule has 0 aliphatic rings. The number of halogens is 3. The summed E-state index contributed by atoms with van der Waals surface area (Å²) in [6, 6.07) is 6.37. The second-order valence-corrected chi connectivity index (χ2v) is 9.63. The van der Waals surface area contributed by atoms with Gasteiger partial charge in [0, 0.05) is 18.3 Å². The number of nitro groups is 1. The SMILES string of the molecule is [NH]S(=O)(=O)c1ccc(NCC(O)COc2ccc(S(=O)(=O)C(F)(F)F)cc2[N+](=O)[O-])cc1. The highest BCUT2D eigenvalue weighted by atomic mass is 32.2. The molecule has 175 valence electrons. The van der Waals surface area contributed by atoms with Gasteiger partial charge in [0.25, 0.3) is 19.9 Å². The molecule has 1 atom stereocenters. The van der Waals surface area contributed by atoms with Crippen LogP contribution in [0.15, 0.2) is 52.3 Å². The molecule has 1 radical (unpaired) electrons. The number of nitrogens with zero attached hydrogens (tertiary/aromatic N) is 1. The Labute approximate surface area is 179 Å². The van der Waals surface area contributed by atoms with Crippen LogP contribution in [-0.4, -0.2) is 51.6 Å². The topological polar surface area (TPSA) is 177 Å². The van der Waals surface area contributed by atoms with Crippen molar-refractivity contribution >= 4 is 31.2 Å². The number of sulfonamides is 1. The van der Waals surface area contributed by atoms with E-state index in [2.05, 4.69) is 5.32 Å². The number of aliphatic hydroxyl groups is 1. The predicted molar refractivity (Wildman–Crippen MR) is 103 cm³/mol. The van der Waals surface area contributed by atoms with Gasteiger partial charge in [0.05, 0.1) is 14.7 Å². The number of nitrogens with one attached hydrogen (secondary N) is 2. The zero-order chi connectivity index (χ0) is 24.3. The monoisotopic (exact) mass is 498 g/mol. The zero-order valence-corrected chi connectivity index (χ0v) is 17.4. The number of nitro benzene ring substituents is 1. The number of hydrogen-bond donors (Lipinski definition) is 2. The molecule has 0 aromatic heterocycles. The third kappa shape index (κ3) is 6.06. The fourth-order valence-corrected chi connectivity index (χ4v) is 3.57. The van der Waals surface area contributed by atoms with E-state index in [0.29, 0.717) is 17.8 Å². The fourth-order valence-electron chi connectivity index (χ4n) is 2.30. The van der Waals surface area contributed by atoms with Crippen molar-refractivity contribution in [2.45, 2.75) is 21.4 Å². The lowest BCUT2D eigenvalue weighted by Crippen LogP contribution is -2.26. The summed E-state index contributed by atoms with van der Waals surface area (Å²) in [5.41, 5.74) is -6.31. The van der Waals surface area contributed by atoms with Crippen molar-refractivity contribution in [3.05, 3.63) is 52.6 Å². The van der Waals surface area contributed by atoms with E-state index in [-0.39, 0.29) is 17.5 Å². The van der Waals surface area contributed by atoms with Crippen molar-refractivity contribution in [2.75, 3.05) is 18.5 Å². The number of sulfone groups is 1. The quantitative estimate of drug-likeness (QED) is 0.385. The molecule has 2 aromatic rings. The minimum atomic E-state index is -5.80. The molecule has 0 spiro atoms. The van der Waals surface area contributed by atoms with Crippen LogP contribution >= 0.6 is 0 Å². The van der Waals surface area contributed by atoms with Crippen LogP contribution in [0.2, 0.25) is 0 Å². The molecular weight excluding hydrogens is 483 g/mol. The molecule has 0 bridgehead atoms. The number of alkyl halides is 3. The van der Waals surface area contributed by atoms with Crippen molar-refractivity contribution in [2.24, 2.45) is 0 Å². The molecule has 0 amide bonds. The van der Waals surface area contributed by atoms with Crippen molar-refractivity contribution in [3.63, 3.8) is 0 Å². The molecule has 3 N–H and O–H groups in total. The number of anilines is 1. The van der Waals surface area contributed by atoms with Crippen LogP contribution in [0.4, 0.5) is 24.5 Å². The van der Waals surface area contributed by atoms with Crippen LogP contribution in [-0.2, 0) is 19.9 Å². The largest absolute Gasteiger partial charge is 0.501 e. The Bertz CT molecular complexity index is 1200. The molecule has 0 aliphatic carbocycles. The molecule has 16 heteroatoms. The van der Waals surface area contributed by atoms with Crippen molar-refractivity contribution in [1.29, 1.82) is 0 Å². The average Bonchev–Trinajstić information content (AvgIpc) is 2.69. The maximum Gasteiger partial charge on any atom is 0.501 e. The molecule has 0 heterocycles. The number of ether oxygens (including phenoxy) is 1. The lowest BCUT2D eigenvalue weighted by Gasteiger charge is -2.15. The van der Waals surface area contributed by atoms with E-state index in [1.165, 1.54) is 12.1 Å². The summed E-state index contributed by atoms with van der Waals surface area (Å²) in [4.78, 5) is 8.43. The lowest BCUT2D eigenvalue weighted by molar-refractivity contribution is -0.386. The molecule has 0 saturated carbocycles. The highest BCUT2D eigenvalue weighted by Crippen LogP contribution is 2.35. The van der Waals surface area contributed by atoms with Crippen LogP contribution in [0.3, 0.4) is 0 Å². The van der Waals surface area contributed by atoms with Gasteiger partial charge < -0.3 is 15.2 Å². The smallest absolute Gasteiger partial charge is 0.484 e. The number of benzene rings is 2. The summed E-state index contributed by atoms with van der Waals surface area (Å²) in [6.07, 6.45) is -1.27. The summed E-state index contributed by atoms with van der Waals surface area (Å²) in [5, 5.41) is 30.7. The van der Waals surface area contributed by atoms with Crippen molar-refractivity contribution in [3.8, 4) is 5.75 Å². The number of aliphatic hydroxyl groups excluding tert-OH is 1. The maximum atomic E-state index is 12.6. The van der Waals surface area contributed by atoms with Crippen molar-refractivity contribution in [1.82, 2.24) is 5.14 Å². The first-order valence-corrected chi connectivity index (χ1v) is 11.3. The van der Waals surface area contributed by atoms with E-state index >= 15 is 0 Å². The minimum absolute atomic E-state index is 0.165. The second kappa shape index (κ2) is 9.27. The molecule has 0 fully saturated rings. The van der Waals surface area contributed by atoms with E-state index in [1.54, 1.807) is 0 Å². The van der Waals surface area contributed by atoms with E-state index in [0.717, 1.165) is 12.1 Å². The van der Waals surface area contributed by atoms with Gasteiger partial charge in [0.1, 0.15) is 12.7 Å². The first kappa shape index (κ1) is 25.3. The Morgan fingerprint density at radius 3 is 2.16 bits per heavy atom. The Morgan fingerprint density at radius 1 is 1.09 bits per heavy atom. The Hall–Kier alpha value is -2.95. The van der Waals surface area contributed by atoms with E-state index < -0.39 is 59.3 Å². The van der Waals surface area contributed by atoms with Crippen LogP contribution in [0.25, 0.3) is 0 Å². The van der Waals surface area contributed by atoms with E-state index in [9.17, 15) is 45.2 Å². The molecule has 1 unspecified atom stereocenters. The number of hydrogen-bond acceptors (Lipinski definition) is 9. The average molecular weight is 498 g/mol. The summed E-state index contributed by atoms with van der Waals surface area (Å²) >= 11 is 0. The second-order valence-electron chi connectivity index (χ2n) is 6.21. The van der Waals surface area contributed by atoms with Crippen molar-refractivity contribution < 1.29 is 44.8 Å². The van der Waals surface area contributed by atoms with Gasteiger partial charge in [-0.2, -0.15) is 13.2 Å².